The van der Waals surface area contributed by atoms with Gasteiger partial charge in [0.15, 0.2) is 5.43 Å². The first-order valence-corrected chi connectivity index (χ1v) is 18.3. The zero-order valence-corrected chi connectivity index (χ0v) is 31.7. The fraction of sp³-hybridized carbons (Fsp3) is 0.0889. The Bertz CT molecular complexity index is 3120. The molecule has 0 spiro atoms. The fourth-order valence-electron chi connectivity index (χ4n) is 7.18. The lowest BCUT2D eigenvalue weighted by Gasteiger charge is -2.21. The van der Waals surface area contributed by atoms with E-state index in [-0.39, 0.29) is 80.5 Å². The number of rotatable bonds is 11. The van der Waals surface area contributed by atoms with E-state index in [4.69, 9.17) is 13.9 Å². The van der Waals surface area contributed by atoms with E-state index in [9.17, 15) is 39.3 Å². The van der Waals surface area contributed by atoms with Crippen molar-refractivity contribution in [3.05, 3.63) is 147 Å². The topological polar surface area (TPSA) is 227 Å². The summed E-state index contributed by atoms with van der Waals surface area (Å²) in [4.78, 5) is 72.5. The zero-order chi connectivity index (χ0) is 42.2. The lowest BCUT2D eigenvalue weighted by Crippen LogP contribution is -2.15. The number of carbonyl (C=O) groups is 4. The number of fused-ring (bicyclic) bond motifs is 4. The molecule has 0 unspecified atom stereocenters. The van der Waals surface area contributed by atoms with Crippen LogP contribution in [0, 0.1) is 0 Å². The number of pyridine rings is 2. The van der Waals surface area contributed by atoms with E-state index in [1.165, 1.54) is 68.8 Å². The van der Waals surface area contributed by atoms with Crippen LogP contribution in [0.5, 0.6) is 5.75 Å². The number of phenolic OH excluding ortho intramolecular Hbond substituents is 1. The first kappa shape index (κ1) is 38.5. The van der Waals surface area contributed by atoms with Crippen molar-refractivity contribution in [3.63, 3.8) is 0 Å². The molecule has 0 saturated carbocycles. The van der Waals surface area contributed by atoms with Crippen LogP contribution < -0.4 is 16.1 Å². The maximum absolute atomic E-state index is 13.8. The van der Waals surface area contributed by atoms with Crippen LogP contribution in [-0.2, 0) is 22.6 Å². The first-order chi connectivity index (χ1) is 29.0. The average molecular weight is 805 g/mol. The molecule has 1 aliphatic carbocycles. The monoisotopic (exact) mass is 804 g/mol. The highest BCUT2D eigenvalue weighted by Gasteiger charge is 2.28. The van der Waals surface area contributed by atoms with Gasteiger partial charge >= 0.3 is 23.9 Å². The third-order valence-corrected chi connectivity index (χ3v) is 10.1. The number of benzene rings is 5. The van der Waals surface area contributed by atoms with Crippen molar-refractivity contribution in [2.75, 3.05) is 24.9 Å². The van der Waals surface area contributed by atoms with Crippen molar-refractivity contribution >= 4 is 68.0 Å². The van der Waals surface area contributed by atoms with E-state index in [1.807, 2.05) is 6.07 Å². The number of esters is 2. The lowest BCUT2D eigenvalue weighted by atomic mass is 9.87. The summed E-state index contributed by atoms with van der Waals surface area (Å²) in [5, 5.41) is 40.0. The summed E-state index contributed by atoms with van der Waals surface area (Å²) in [5.41, 5.74) is 2.02. The number of carboxylic acid groups (broad SMARTS) is 2. The predicted octanol–water partition coefficient (Wildman–Crippen LogP) is 7.56. The number of nitrogens with one attached hydrogen (secondary N) is 2. The van der Waals surface area contributed by atoms with E-state index < -0.39 is 29.3 Å². The second-order valence-electron chi connectivity index (χ2n) is 13.5. The smallest absolute Gasteiger partial charge is 0.356 e. The summed E-state index contributed by atoms with van der Waals surface area (Å²) in [6, 6.07) is 26.5. The van der Waals surface area contributed by atoms with E-state index in [2.05, 4.69) is 20.6 Å². The average Bonchev–Trinajstić information content (AvgIpc) is 3.26. The van der Waals surface area contributed by atoms with Gasteiger partial charge in [-0.2, -0.15) is 0 Å². The van der Waals surface area contributed by atoms with Gasteiger partial charge in [-0.1, -0.05) is 36.4 Å². The highest BCUT2D eigenvalue weighted by atomic mass is 16.5. The molecule has 2 aromatic heterocycles. The van der Waals surface area contributed by atoms with E-state index in [0.29, 0.717) is 38.6 Å². The highest BCUT2D eigenvalue weighted by molar-refractivity contribution is 6.10. The van der Waals surface area contributed by atoms with Gasteiger partial charge in [-0.05, 0) is 72.3 Å². The van der Waals surface area contributed by atoms with Gasteiger partial charge in [0.05, 0.1) is 58.9 Å². The molecular formula is C45H32N4O11. The van der Waals surface area contributed by atoms with Gasteiger partial charge in [0.25, 0.3) is 0 Å². The number of anilines is 2. The summed E-state index contributed by atoms with van der Waals surface area (Å²) in [6.07, 6.45) is 0. The van der Waals surface area contributed by atoms with Gasteiger partial charge in [-0.25, -0.2) is 29.1 Å². The maximum atomic E-state index is 13.8. The third-order valence-electron chi connectivity index (χ3n) is 10.1. The van der Waals surface area contributed by atoms with Crippen LogP contribution in [0.4, 0.5) is 11.4 Å². The van der Waals surface area contributed by atoms with Gasteiger partial charge in [0.2, 0.25) is 0 Å². The van der Waals surface area contributed by atoms with E-state index in [0.717, 1.165) is 0 Å². The van der Waals surface area contributed by atoms with Crippen LogP contribution in [0.1, 0.15) is 52.8 Å². The number of ether oxygens (including phenoxy) is 2. The quantitative estimate of drug-likeness (QED) is 0.0628. The zero-order valence-electron chi connectivity index (χ0n) is 31.7. The largest absolute Gasteiger partial charge is 0.507 e. The van der Waals surface area contributed by atoms with Gasteiger partial charge < -0.3 is 39.8 Å². The Labute approximate surface area is 338 Å². The van der Waals surface area contributed by atoms with Crippen molar-refractivity contribution in [1.29, 1.82) is 0 Å². The number of methoxy groups -OCH3 is 2. The number of hydrogen-bond donors (Lipinski definition) is 5. The summed E-state index contributed by atoms with van der Waals surface area (Å²) in [5.74, 6) is -4.09. The molecule has 0 radical (unpaired) electrons. The molecule has 6 aromatic rings. The Morgan fingerprint density at radius 2 is 1.27 bits per heavy atom. The van der Waals surface area contributed by atoms with Crippen molar-refractivity contribution in [2.24, 2.45) is 0 Å². The summed E-state index contributed by atoms with van der Waals surface area (Å²) < 4.78 is 16.3. The molecule has 0 bridgehead atoms. The molecule has 0 atom stereocenters. The van der Waals surface area contributed by atoms with Crippen molar-refractivity contribution in [2.45, 2.75) is 13.1 Å². The summed E-state index contributed by atoms with van der Waals surface area (Å²) in [7, 11) is 2.50. The third kappa shape index (κ3) is 6.89. The number of aromatic nitrogens is 2. The molecule has 8 rings (SSSR count). The Kier molecular flexibility index (Phi) is 9.99. The minimum Gasteiger partial charge on any atom is -0.507 e. The number of para-hydroxylation sites is 2. The van der Waals surface area contributed by atoms with Gasteiger partial charge in [-0.15, -0.1) is 0 Å². The van der Waals surface area contributed by atoms with E-state index in [1.54, 1.807) is 42.5 Å². The molecule has 15 nitrogen and oxygen atoms in total. The molecule has 2 aliphatic rings. The van der Waals surface area contributed by atoms with E-state index >= 15 is 0 Å². The fourth-order valence-corrected chi connectivity index (χ4v) is 7.18. The van der Waals surface area contributed by atoms with Crippen molar-refractivity contribution in [3.8, 4) is 28.2 Å². The second kappa shape index (κ2) is 15.5. The van der Waals surface area contributed by atoms with Gasteiger partial charge in [-0.3, -0.25) is 4.79 Å². The predicted molar refractivity (Wildman–Crippen MR) is 221 cm³/mol. The highest BCUT2D eigenvalue weighted by Crippen LogP contribution is 2.45. The Morgan fingerprint density at radius 1 is 0.667 bits per heavy atom. The number of aromatic hydroxyl groups is 1. The van der Waals surface area contributed by atoms with Crippen LogP contribution in [-0.4, -0.2) is 63.4 Å². The van der Waals surface area contributed by atoms with Crippen molar-refractivity contribution in [1.82, 2.24) is 9.97 Å². The number of nitrogens with zero attached hydrogens (tertiary/aromatic N) is 2. The molecule has 298 valence electrons. The molecular weight excluding hydrogens is 773 g/mol. The molecule has 4 aromatic carbocycles. The molecule has 60 heavy (non-hydrogen) atoms. The lowest BCUT2D eigenvalue weighted by molar-refractivity contribution is 0.0586. The number of aromatic carboxylic acids is 2. The normalized spacial score (nSPS) is 11.2. The van der Waals surface area contributed by atoms with Crippen LogP contribution in [0.15, 0.2) is 112 Å². The Morgan fingerprint density at radius 3 is 1.83 bits per heavy atom. The van der Waals surface area contributed by atoms with Crippen LogP contribution in [0.3, 0.4) is 0 Å². The molecule has 1 aliphatic heterocycles. The minimum atomic E-state index is -1.34. The number of hydrogen-bond acceptors (Lipinski definition) is 13. The minimum absolute atomic E-state index is 0.0255. The van der Waals surface area contributed by atoms with Crippen LogP contribution >= 0.6 is 0 Å². The number of carboxylic acids is 2. The molecule has 5 N–H and O–H groups in total. The first-order valence-electron chi connectivity index (χ1n) is 18.3. The molecule has 0 saturated heterocycles. The summed E-state index contributed by atoms with van der Waals surface area (Å²) in [6.45, 7) is -0.248. The Balaban J connectivity index is 1.33. The van der Waals surface area contributed by atoms with Crippen LogP contribution in [0.25, 0.3) is 55.2 Å². The molecule has 0 fully saturated rings. The molecule has 3 heterocycles. The van der Waals surface area contributed by atoms with Gasteiger partial charge in [0.1, 0.15) is 28.5 Å². The molecule has 0 amide bonds. The standard InChI is InChI=1S/C45H32N4O11/c1-58-44(56)33-15-10-22-5-3-7-31(38(22)48-33)46-20-29-35(50)17-13-26-37(28-19-24(42(52)53)9-12-25(28)43(54)55)27-14-18-36(51)30(41(27)60-40(26)29)21-47-32-8-4-6-23-11-16-34(45(57)59-2)49-39(23)32/h3-19,46-47,50H,20-21H2,1-2H3,(H,52,53)(H,54,55). The van der Waals surface area contributed by atoms with Gasteiger partial charge in [0, 0.05) is 40.4 Å². The SMILES string of the molecule is COC(=O)c1ccc2cccc(NCc3c4oc5c(CNc6cccc7ccc(C(=O)OC)nc67)c(O)ccc5c(-c5cc(C(=O)O)ccc5C(=O)O)c-4ccc3=O)c2n1. The second-order valence-corrected chi connectivity index (χ2v) is 13.5. The number of carbonyl (C=O) groups excluding carboxylic acids is 2. The Hall–Kier alpha value is -8.33. The molecule has 15 heteroatoms. The maximum Gasteiger partial charge on any atom is 0.356 e. The van der Waals surface area contributed by atoms with Crippen molar-refractivity contribution < 1.29 is 48.4 Å². The summed E-state index contributed by atoms with van der Waals surface area (Å²) >= 11 is 0. The number of phenols is 1. The van der Waals surface area contributed by atoms with Crippen LogP contribution in [0.2, 0.25) is 0 Å².